The number of nitrogens with one attached hydrogen (secondary N) is 2. The van der Waals surface area contributed by atoms with Crippen LogP contribution in [0.5, 0.6) is 0 Å². The lowest BCUT2D eigenvalue weighted by Gasteiger charge is -2.26. The summed E-state index contributed by atoms with van der Waals surface area (Å²) in [5, 5.41) is 6.17. The summed E-state index contributed by atoms with van der Waals surface area (Å²) in [6.45, 7) is 4.04. The molecule has 0 unspecified atom stereocenters. The minimum Gasteiger partial charge on any atom is -0.358 e. The van der Waals surface area contributed by atoms with Crippen LogP contribution < -0.4 is 10.6 Å². The highest BCUT2D eigenvalue weighted by Gasteiger charge is 2.26. The number of likely N-dealkylation sites (N-methyl/N-ethyl adjacent to an activating group) is 2. The maximum absolute atomic E-state index is 12.5. The molecule has 5 nitrogen and oxygen atoms in total. The molecular formula is C20H24ClN3O2. The number of carbonyl (C=O) groups is 2. The van der Waals surface area contributed by atoms with Crippen molar-refractivity contribution in [1.29, 1.82) is 0 Å². The molecule has 0 saturated heterocycles. The first-order valence-corrected chi connectivity index (χ1v) is 8.74. The van der Waals surface area contributed by atoms with Gasteiger partial charge in [-0.2, -0.15) is 0 Å². The molecule has 6 heteroatoms. The number of amides is 2. The smallest absolute Gasteiger partial charge is 0.241 e. The van der Waals surface area contributed by atoms with Crippen LogP contribution in [0.2, 0.25) is 5.02 Å². The normalized spacial score (nSPS) is 11.9. The lowest BCUT2D eigenvalue weighted by molar-refractivity contribution is -0.126. The Kier molecular flexibility index (Phi) is 6.77. The largest absolute Gasteiger partial charge is 0.358 e. The van der Waals surface area contributed by atoms with E-state index in [-0.39, 0.29) is 18.4 Å². The molecule has 2 amide bonds. The summed E-state index contributed by atoms with van der Waals surface area (Å²) in [4.78, 5) is 26.6. The number of nitrogens with zero attached hydrogens (tertiary/aromatic N) is 1. The highest BCUT2D eigenvalue weighted by atomic mass is 35.5. The summed E-state index contributed by atoms with van der Waals surface area (Å²) in [6, 6.07) is 12.2. The maximum Gasteiger partial charge on any atom is 0.241 e. The van der Waals surface area contributed by atoms with Crippen LogP contribution in [-0.4, -0.2) is 37.4 Å². The molecule has 0 radical (unpaired) electrons. The van der Waals surface area contributed by atoms with Gasteiger partial charge in [0.15, 0.2) is 0 Å². The fraction of sp³-hybridized carbons (Fsp3) is 0.300. The van der Waals surface area contributed by atoms with E-state index in [1.165, 1.54) is 0 Å². The number of aryl methyl sites for hydroxylation is 1. The van der Waals surface area contributed by atoms with E-state index in [1.54, 1.807) is 43.3 Å². The van der Waals surface area contributed by atoms with Gasteiger partial charge in [-0.25, -0.2) is 0 Å². The lowest BCUT2D eigenvalue weighted by atomic mass is 10.0. The number of hydrogen-bond donors (Lipinski definition) is 2. The second kappa shape index (κ2) is 8.83. The van der Waals surface area contributed by atoms with Gasteiger partial charge in [0.25, 0.3) is 0 Å². The van der Waals surface area contributed by atoms with Gasteiger partial charge in [-0.15, -0.1) is 0 Å². The van der Waals surface area contributed by atoms with Crippen molar-refractivity contribution in [3.05, 3.63) is 64.2 Å². The van der Waals surface area contributed by atoms with E-state index in [4.69, 9.17) is 11.6 Å². The molecule has 0 aromatic heterocycles. The van der Waals surface area contributed by atoms with E-state index < -0.39 is 6.04 Å². The highest BCUT2D eigenvalue weighted by molar-refractivity contribution is 6.30. The second-order valence-electron chi connectivity index (χ2n) is 6.28. The zero-order chi connectivity index (χ0) is 19.3. The number of carbonyl (C=O) groups excluding carboxylic acids is 2. The molecule has 26 heavy (non-hydrogen) atoms. The average molecular weight is 374 g/mol. The molecule has 2 rings (SSSR count). The van der Waals surface area contributed by atoms with E-state index in [2.05, 4.69) is 10.6 Å². The molecule has 0 bridgehead atoms. The van der Waals surface area contributed by atoms with Crippen molar-refractivity contribution < 1.29 is 9.59 Å². The van der Waals surface area contributed by atoms with Crippen molar-refractivity contribution in [2.75, 3.05) is 26.0 Å². The summed E-state index contributed by atoms with van der Waals surface area (Å²) in [5.41, 5.74) is 3.70. The van der Waals surface area contributed by atoms with Crippen LogP contribution in [0, 0.1) is 13.8 Å². The topological polar surface area (TPSA) is 61.4 Å². The van der Waals surface area contributed by atoms with Gasteiger partial charge in [0.05, 0.1) is 6.54 Å². The quantitative estimate of drug-likeness (QED) is 0.816. The molecule has 2 aromatic rings. The molecule has 138 valence electrons. The molecule has 0 spiro atoms. The van der Waals surface area contributed by atoms with Crippen molar-refractivity contribution in [2.45, 2.75) is 19.9 Å². The molecule has 0 fully saturated rings. The van der Waals surface area contributed by atoms with Crippen LogP contribution in [0.4, 0.5) is 5.69 Å². The van der Waals surface area contributed by atoms with Gasteiger partial charge in [-0.1, -0.05) is 35.9 Å². The van der Waals surface area contributed by atoms with E-state index in [0.717, 1.165) is 22.4 Å². The lowest BCUT2D eigenvalue weighted by Crippen LogP contribution is -2.41. The summed E-state index contributed by atoms with van der Waals surface area (Å²) in [6.07, 6.45) is 0. The number of anilines is 1. The van der Waals surface area contributed by atoms with E-state index in [9.17, 15) is 9.59 Å². The molecule has 2 N–H and O–H groups in total. The summed E-state index contributed by atoms with van der Waals surface area (Å²) >= 11 is 5.93. The van der Waals surface area contributed by atoms with E-state index in [0.29, 0.717) is 5.02 Å². The monoisotopic (exact) mass is 373 g/mol. The van der Waals surface area contributed by atoms with Crippen LogP contribution in [-0.2, 0) is 9.59 Å². The van der Waals surface area contributed by atoms with Crippen molar-refractivity contribution >= 4 is 29.1 Å². The Morgan fingerprint density at radius 2 is 1.77 bits per heavy atom. The molecule has 0 aliphatic rings. The van der Waals surface area contributed by atoms with Crippen molar-refractivity contribution in [1.82, 2.24) is 10.2 Å². The Balaban J connectivity index is 2.14. The molecule has 0 heterocycles. The molecule has 2 aromatic carbocycles. The zero-order valence-corrected chi connectivity index (χ0v) is 16.2. The number of benzene rings is 2. The molecule has 1 atom stereocenters. The van der Waals surface area contributed by atoms with Crippen molar-refractivity contribution in [2.24, 2.45) is 0 Å². The standard InChI is InChI=1S/C20H24ClN3O2/c1-13-6-5-7-17(14(13)2)23-18(25)12-24(4)19(20(26)22-3)15-8-10-16(21)11-9-15/h5-11,19H,12H2,1-4H3,(H,22,26)(H,23,25)/t19-/m1/s1. The maximum atomic E-state index is 12.5. The minimum absolute atomic E-state index is 0.0775. The van der Waals surface area contributed by atoms with Gasteiger partial charge in [-0.3, -0.25) is 14.5 Å². The minimum atomic E-state index is -0.582. The Morgan fingerprint density at radius 1 is 1.12 bits per heavy atom. The zero-order valence-electron chi connectivity index (χ0n) is 15.5. The van der Waals surface area contributed by atoms with Gasteiger partial charge < -0.3 is 10.6 Å². The SMILES string of the molecule is CNC(=O)[C@@H](c1ccc(Cl)cc1)N(C)CC(=O)Nc1cccc(C)c1C. The Bertz CT molecular complexity index is 790. The third-order valence-corrected chi connectivity index (χ3v) is 4.64. The molecular weight excluding hydrogens is 350 g/mol. The Hall–Kier alpha value is -2.37. The third kappa shape index (κ3) is 4.84. The predicted molar refractivity (Wildman–Crippen MR) is 105 cm³/mol. The first kappa shape index (κ1) is 19.9. The fourth-order valence-corrected chi connectivity index (χ4v) is 2.91. The van der Waals surface area contributed by atoms with Gasteiger partial charge in [0, 0.05) is 17.8 Å². The highest BCUT2D eigenvalue weighted by Crippen LogP contribution is 2.22. The van der Waals surface area contributed by atoms with Gasteiger partial charge in [-0.05, 0) is 55.8 Å². The number of rotatable bonds is 6. The van der Waals surface area contributed by atoms with Crippen LogP contribution in [0.25, 0.3) is 0 Å². The first-order valence-electron chi connectivity index (χ1n) is 8.37. The van der Waals surface area contributed by atoms with Gasteiger partial charge in [0.2, 0.25) is 11.8 Å². The Labute approximate surface area is 159 Å². The predicted octanol–water partition coefficient (Wildman–Crippen LogP) is 3.31. The summed E-state index contributed by atoms with van der Waals surface area (Å²) in [5.74, 6) is -0.363. The third-order valence-electron chi connectivity index (χ3n) is 4.39. The van der Waals surface area contributed by atoms with Crippen LogP contribution in [0.3, 0.4) is 0 Å². The van der Waals surface area contributed by atoms with Gasteiger partial charge in [0.1, 0.15) is 6.04 Å². The van der Waals surface area contributed by atoms with Crippen molar-refractivity contribution in [3.63, 3.8) is 0 Å². The molecule has 0 aliphatic heterocycles. The molecule has 0 aliphatic carbocycles. The number of hydrogen-bond acceptors (Lipinski definition) is 3. The Morgan fingerprint density at radius 3 is 2.38 bits per heavy atom. The fourth-order valence-electron chi connectivity index (χ4n) is 2.78. The van der Waals surface area contributed by atoms with Crippen LogP contribution >= 0.6 is 11.6 Å². The van der Waals surface area contributed by atoms with Crippen LogP contribution in [0.15, 0.2) is 42.5 Å². The molecule has 0 saturated carbocycles. The second-order valence-corrected chi connectivity index (χ2v) is 6.72. The van der Waals surface area contributed by atoms with E-state index >= 15 is 0 Å². The first-order chi connectivity index (χ1) is 12.3. The number of halogens is 1. The average Bonchev–Trinajstić information content (AvgIpc) is 2.60. The summed E-state index contributed by atoms with van der Waals surface area (Å²) in [7, 11) is 3.33. The summed E-state index contributed by atoms with van der Waals surface area (Å²) < 4.78 is 0. The van der Waals surface area contributed by atoms with Gasteiger partial charge >= 0.3 is 0 Å². The van der Waals surface area contributed by atoms with Crippen LogP contribution in [0.1, 0.15) is 22.7 Å². The van der Waals surface area contributed by atoms with E-state index in [1.807, 2.05) is 32.0 Å². The van der Waals surface area contributed by atoms with Crippen molar-refractivity contribution in [3.8, 4) is 0 Å².